The van der Waals surface area contributed by atoms with E-state index >= 15 is 0 Å². The van der Waals surface area contributed by atoms with E-state index in [0.717, 1.165) is 24.1 Å². The van der Waals surface area contributed by atoms with Crippen molar-refractivity contribution in [3.8, 4) is 0 Å². The predicted octanol–water partition coefficient (Wildman–Crippen LogP) is 4.36. The third kappa shape index (κ3) is 5.18. The van der Waals surface area contributed by atoms with E-state index in [1.54, 1.807) is 12.4 Å². The first-order chi connectivity index (χ1) is 15.7. The average molecular weight is 451 g/mol. The fraction of sp³-hybridized carbons (Fsp3) is 0.538. The quantitative estimate of drug-likeness (QED) is 0.556. The number of carbonyl (C=O) groups is 3. The number of hydrogen-bond acceptors (Lipinski definition) is 4. The van der Waals surface area contributed by atoms with Gasteiger partial charge >= 0.3 is 0 Å². The van der Waals surface area contributed by atoms with E-state index in [2.05, 4.69) is 34.4 Å². The van der Waals surface area contributed by atoms with Crippen LogP contribution in [0.3, 0.4) is 0 Å². The molecular formula is C26H34N4O3. The van der Waals surface area contributed by atoms with Crippen LogP contribution in [0.5, 0.6) is 0 Å². The molecular weight excluding hydrogens is 416 g/mol. The third-order valence-electron chi connectivity index (χ3n) is 6.86. The summed E-state index contributed by atoms with van der Waals surface area (Å²) in [6.45, 7) is 7.95. The summed E-state index contributed by atoms with van der Waals surface area (Å²) in [5, 5.41) is 5.91. The van der Waals surface area contributed by atoms with Crippen molar-refractivity contribution in [2.75, 3.05) is 5.32 Å². The number of ketones is 1. The van der Waals surface area contributed by atoms with Gasteiger partial charge in [0.2, 0.25) is 5.91 Å². The largest absolute Gasteiger partial charge is 0.354 e. The molecule has 0 bridgehead atoms. The fourth-order valence-electron chi connectivity index (χ4n) is 4.83. The summed E-state index contributed by atoms with van der Waals surface area (Å²) in [7, 11) is 0. The van der Waals surface area contributed by atoms with E-state index in [0.29, 0.717) is 47.7 Å². The second-order valence-corrected chi connectivity index (χ2v) is 10.3. The molecule has 2 aliphatic carbocycles. The van der Waals surface area contributed by atoms with E-state index in [-0.39, 0.29) is 23.0 Å². The van der Waals surface area contributed by atoms with E-state index in [1.165, 1.54) is 12.8 Å². The van der Waals surface area contributed by atoms with Gasteiger partial charge in [-0.15, -0.1) is 0 Å². The van der Waals surface area contributed by atoms with Gasteiger partial charge in [-0.2, -0.15) is 0 Å². The number of fused-ring (bicyclic) bond motifs is 1. The summed E-state index contributed by atoms with van der Waals surface area (Å²) in [6.07, 6.45) is 9.16. The average Bonchev–Trinajstić information content (AvgIpc) is 3.52. The van der Waals surface area contributed by atoms with Crippen molar-refractivity contribution in [1.82, 2.24) is 15.3 Å². The number of nitrogens with one attached hydrogen (secondary N) is 3. The maximum absolute atomic E-state index is 13.3. The molecule has 176 valence electrons. The van der Waals surface area contributed by atoms with Gasteiger partial charge in [0, 0.05) is 23.9 Å². The van der Waals surface area contributed by atoms with Crippen molar-refractivity contribution in [2.24, 2.45) is 11.3 Å². The molecule has 2 amide bonds. The molecule has 0 aromatic carbocycles. The molecule has 1 unspecified atom stereocenters. The normalized spacial score (nSPS) is 17.9. The number of anilines is 1. The van der Waals surface area contributed by atoms with Gasteiger partial charge in [0.15, 0.2) is 5.78 Å². The van der Waals surface area contributed by atoms with E-state index in [4.69, 9.17) is 0 Å². The smallest absolute Gasteiger partial charge is 0.268 e. The molecule has 1 atom stereocenters. The lowest BCUT2D eigenvalue weighted by molar-refractivity contribution is -0.118. The third-order valence-corrected chi connectivity index (χ3v) is 6.86. The van der Waals surface area contributed by atoms with Gasteiger partial charge in [-0.25, -0.2) is 0 Å². The molecule has 7 heteroatoms. The van der Waals surface area contributed by atoms with Crippen molar-refractivity contribution in [2.45, 2.75) is 78.7 Å². The molecule has 4 rings (SSSR count). The highest BCUT2D eigenvalue weighted by Gasteiger charge is 2.36. The Hall–Kier alpha value is -2.96. The molecule has 2 heterocycles. The van der Waals surface area contributed by atoms with Crippen LogP contribution < -0.4 is 10.6 Å². The highest BCUT2D eigenvalue weighted by molar-refractivity contribution is 6.06. The number of H-pyrrole nitrogens is 1. The summed E-state index contributed by atoms with van der Waals surface area (Å²) < 4.78 is 0. The van der Waals surface area contributed by atoms with E-state index < -0.39 is 6.04 Å². The van der Waals surface area contributed by atoms with Gasteiger partial charge in [0.25, 0.3) is 5.91 Å². The van der Waals surface area contributed by atoms with Gasteiger partial charge in [0.1, 0.15) is 11.7 Å². The number of pyridine rings is 1. The van der Waals surface area contributed by atoms with Crippen LogP contribution in [-0.4, -0.2) is 33.6 Å². The predicted molar refractivity (Wildman–Crippen MR) is 127 cm³/mol. The second kappa shape index (κ2) is 9.12. The zero-order valence-electron chi connectivity index (χ0n) is 20.0. The molecule has 0 aliphatic heterocycles. The van der Waals surface area contributed by atoms with Gasteiger partial charge in [0.05, 0.1) is 11.9 Å². The minimum Gasteiger partial charge on any atom is -0.354 e. The molecule has 1 fully saturated rings. The molecule has 2 aromatic heterocycles. The molecule has 0 radical (unpaired) electrons. The lowest BCUT2D eigenvalue weighted by atomic mass is 9.75. The number of amides is 2. The number of aromatic amines is 1. The highest BCUT2D eigenvalue weighted by Crippen LogP contribution is 2.37. The van der Waals surface area contributed by atoms with Gasteiger partial charge in [-0.1, -0.05) is 33.6 Å². The maximum Gasteiger partial charge on any atom is 0.268 e. The Labute approximate surface area is 195 Å². The standard InChI is InChI=1S/C26H34N4O3/c1-5-17-10-11-27-14-20(17)30-24(32)18(9-8-16-6-7-16)29-25(33)23-15(2)22-19(28-23)12-26(3,4)13-21(22)31/h10-11,14,16,18,28H,5-9,12-13H2,1-4H3,(H,29,33)(H,30,32). The molecule has 1 saturated carbocycles. The minimum absolute atomic E-state index is 0.0701. The lowest BCUT2D eigenvalue weighted by Crippen LogP contribution is -2.44. The topological polar surface area (TPSA) is 104 Å². The zero-order valence-corrected chi connectivity index (χ0v) is 20.0. The van der Waals surface area contributed by atoms with Gasteiger partial charge in [-0.05, 0) is 61.1 Å². The SMILES string of the molecule is CCc1ccncc1NC(=O)C(CCC1CC1)NC(=O)c1[nH]c2c(c1C)C(=O)CC(C)(C)C2. The first kappa shape index (κ1) is 23.2. The Morgan fingerprint density at radius 3 is 2.73 bits per heavy atom. The zero-order chi connectivity index (χ0) is 23.8. The lowest BCUT2D eigenvalue weighted by Gasteiger charge is -2.28. The van der Waals surface area contributed by atoms with Crippen molar-refractivity contribution in [3.63, 3.8) is 0 Å². The van der Waals surface area contributed by atoms with Crippen LogP contribution in [-0.2, 0) is 17.6 Å². The molecule has 2 aromatic rings. The first-order valence-corrected chi connectivity index (χ1v) is 12.0. The van der Waals surface area contributed by atoms with Crippen molar-refractivity contribution < 1.29 is 14.4 Å². The van der Waals surface area contributed by atoms with Crippen LogP contribution in [0.4, 0.5) is 5.69 Å². The Morgan fingerprint density at radius 1 is 1.27 bits per heavy atom. The maximum atomic E-state index is 13.3. The van der Waals surface area contributed by atoms with Crippen LogP contribution in [0.25, 0.3) is 0 Å². The molecule has 3 N–H and O–H groups in total. The Bertz CT molecular complexity index is 1080. The molecule has 2 aliphatic rings. The number of nitrogens with zero attached hydrogens (tertiary/aromatic N) is 1. The second-order valence-electron chi connectivity index (χ2n) is 10.3. The van der Waals surface area contributed by atoms with Crippen LogP contribution in [0, 0.1) is 18.3 Å². The summed E-state index contributed by atoms with van der Waals surface area (Å²) in [4.78, 5) is 46.5. The Balaban J connectivity index is 1.53. The van der Waals surface area contributed by atoms with Crippen LogP contribution in [0.2, 0.25) is 0 Å². The minimum atomic E-state index is -0.658. The molecule has 0 saturated heterocycles. The Morgan fingerprint density at radius 2 is 2.03 bits per heavy atom. The summed E-state index contributed by atoms with van der Waals surface area (Å²) in [5.41, 5.74) is 4.05. The number of hydrogen-bond donors (Lipinski definition) is 3. The monoisotopic (exact) mass is 450 g/mol. The molecule has 33 heavy (non-hydrogen) atoms. The van der Waals surface area contributed by atoms with Crippen LogP contribution in [0.15, 0.2) is 18.5 Å². The summed E-state index contributed by atoms with van der Waals surface area (Å²) >= 11 is 0. The fourth-order valence-corrected chi connectivity index (χ4v) is 4.83. The number of Topliss-reactive ketones (excluding diaryl/α,β-unsaturated/α-hetero) is 1. The number of aryl methyl sites for hydroxylation is 1. The summed E-state index contributed by atoms with van der Waals surface area (Å²) in [6, 6.07) is 1.23. The first-order valence-electron chi connectivity index (χ1n) is 12.0. The Kier molecular flexibility index (Phi) is 6.41. The van der Waals surface area contributed by atoms with E-state index in [1.807, 2.05) is 19.9 Å². The molecule has 0 spiro atoms. The van der Waals surface area contributed by atoms with E-state index in [9.17, 15) is 14.4 Å². The highest BCUT2D eigenvalue weighted by atomic mass is 16.2. The van der Waals surface area contributed by atoms with Crippen LogP contribution >= 0.6 is 0 Å². The number of aromatic nitrogens is 2. The van der Waals surface area contributed by atoms with Crippen molar-refractivity contribution in [3.05, 3.63) is 46.5 Å². The number of carbonyl (C=O) groups excluding carboxylic acids is 3. The van der Waals surface area contributed by atoms with Gasteiger partial charge < -0.3 is 15.6 Å². The molecule has 7 nitrogen and oxygen atoms in total. The number of rotatable bonds is 8. The van der Waals surface area contributed by atoms with Crippen molar-refractivity contribution in [1.29, 1.82) is 0 Å². The summed E-state index contributed by atoms with van der Waals surface area (Å²) in [5.74, 6) is 0.130. The van der Waals surface area contributed by atoms with Crippen molar-refractivity contribution >= 4 is 23.3 Å². The van der Waals surface area contributed by atoms with Gasteiger partial charge in [-0.3, -0.25) is 19.4 Å². The van der Waals surface area contributed by atoms with Crippen LogP contribution in [0.1, 0.15) is 90.5 Å².